The molecule has 1 aromatic carbocycles. The fraction of sp³-hybridized carbons (Fsp3) is 0.0952. The van der Waals surface area contributed by atoms with Crippen molar-refractivity contribution in [2.75, 3.05) is 0 Å². The minimum absolute atomic E-state index is 0.868. The van der Waals surface area contributed by atoms with E-state index >= 15 is 0 Å². The summed E-state index contributed by atoms with van der Waals surface area (Å²) >= 11 is 0. The largest absolute Gasteiger partial charge is 0.274 e. The number of imidazole rings is 1. The van der Waals surface area contributed by atoms with Gasteiger partial charge in [-0.05, 0) is 24.3 Å². The zero-order chi connectivity index (χ0) is 17.3. The van der Waals surface area contributed by atoms with Crippen molar-refractivity contribution in [3.05, 3.63) is 72.8 Å². The number of para-hydroxylation sites is 1. The van der Waals surface area contributed by atoms with Crippen molar-refractivity contribution in [1.29, 1.82) is 0 Å². The van der Waals surface area contributed by atoms with Gasteiger partial charge in [-0.3, -0.25) is 9.97 Å². The summed E-state index contributed by atoms with van der Waals surface area (Å²) in [4.78, 5) is 8.75. The van der Waals surface area contributed by atoms with Gasteiger partial charge in [0.1, 0.15) is 11.2 Å². The summed E-state index contributed by atoms with van der Waals surface area (Å²) in [6, 6.07) is 14.7. The molecular weight excluding hydrogens is 322 g/mol. The smallest absolute Gasteiger partial charge is 0.264 e. The molecule has 5 aromatic rings. The summed E-state index contributed by atoms with van der Waals surface area (Å²) in [5.41, 5.74) is 7.27. The Morgan fingerprint density at radius 1 is 0.962 bits per heavy atom. The van der Waals surface area contributed by atoms with Gasteiger partial charge < -0.3 is 0 Å². The summed E-state index contributed by atoms with van der Waals surface area (Å²) in [6.45, 7) is 0.868. The number of aryl methyl sites for hydroxylation is 1. The highest BCUT2D eigenvalue weighted by Crippen LogP contribution is 2.37. The molecule has 0 aliphatic carbocycles. The molecule has 5 nitrogen and oxygen atoms in total. The van der Waals surface area contributed by atoms with E-state index in [1.165, 1.54) is 39.0 Å². The van der Waals surface area contributed by atoms with Crippen LogP contribution in [0.3, 0.4) is 0 Å². The predicted molar refractivity (Wildman–Crippen MR) is 100 cm³/mol. The lowest BCUT2D eigenvalue weighted by Gasteiger charge is -2.03. The molecule has 0 amide bonds. The van der Waals surface area contributed by atoms with E-state index in [1.807, 2.05) is 24.8 Å². The highest BCUT2D eigenvalue weighted by Gasteiger charge is 2.35. The van der Waals surface area contributed by atoms with Gasteiger partial charge in [-0.25, -0.2) is 13.7 Å². The lowest BCUT2D eigenvalue weighted by atomic mass is 10.2. The number of aromatic nitrogens is 5. The molecule has 4 aromatic heterocycles. The minimum Gasteiger partial charge on any atom is -0.264 e. The standard InChI is InChI=1S/C21H16N5/c1-24-20-16-11-22-9-7-14(16)13-25(20)19-17-12-23-10-8-18(17)26(21(19)24)15-5-3-2-4-6-15/h2-12H,13H2,1H3/q+1. The molecule has 0 saturated carbocycles. The van der Waals surface area contributed by atoms with Gasteiger partial charge in [0.2, 0.25) is 5.82 Å². The first kappa shape index (κ1) is 13.8. The van der Waals surface area contributed by atoms with Crippen LogP contribution in [0.15, 0.2) is 67.3 Å². The number of hydrogen-bond acceptors (Lipinski definition) is 2. The van der Waals surface area contributed by atoms with Crippen LogP contribution >= 0.6 is 0 Å². The maximum atomic E-state index is 4.41. The van der Waals surface area contributed by atoms with Crippen LogP contribution < -0.4 is 4.57 Å². The van der Waals surface area contributed by atoms with Gasteiger partial charge in [0.05, 0.1) is 24.5 Å². The Morgan fingerprint density at radius 3 is 2.65 bits per heavy atom. The number of fused-ring (bicyclic) bond motifs is 7. The second-order valence-corrected chi connectivity index (χ2v) is 6.74. The van der Waals surface area contributed by atoms with Crippen LogP contribution in [0.2, 0.25) is 0 Å². The van der Waals surface area contributed by atoms with Crippen LogP contribution in [-0.4, -0.2) is 19.1 Å². The molecule has 0 saturated heterocycles. The first-order chi connectivity index (χ1) is 12.8. The van der Waals surface area contributed by atoms with E-state index in [-0.39, 0.29) is 0 Å². The number of benzene rings is 1. The second kappa shape index (κ2) is 4.79. The maximum Gasteiger partial charge on any atom is 0.274 e. The molecule has 124 valence electrons. The number of hydrogen-bond donors (Lipinski definition) is 0. The van der Waals surface area contributed by atoms with Crippen LogP contribution in [-0.2, 0) is 13.6 Å². The SMILES string of the molecule is C[n+]1c2n(c3c4cnccc4n(-c4ccccc4)c31)Cc1ccncc1-2. The topological polar surface area (TPSA) is 39.5 Å². The fourth-order valence-electron chi connectivity index (χ4n) is 4.32. The summed E-state index contributed by atoms with van der Waals surface area (Å²) in [5, 5.41) is 1.17. The molecule has 0 unspecified atom stereocenters. The minimum atomic E-state index is 0.868. The lowest BCUT2D eigenvalue weighted by molar-refractivity contribution is -0.636. The zero-order valence-electron chi connectivity index (χ0n) is 14.3. The van der Waals surface area contributed by atoms with E-state index in [0.29, 0.717) is 0 Å². The number of nitrogens with zero attached hydrogens (tertiary/aromatic N) is 5. The third-order valence-electron chi connectivity index (χ3n) is 5.37. The van der Waals surface area contributed by atoms with Crippen molar-refractivity contribution in [1.82, 2.24) is 19.1 Å². The van der Waals surface area contributed by atoms with Gasteiger partial charge >= 0.3 is 0 Å². The average Bonchev–Trinajstić information content (AvgIpc) is 3.31. The normalized spacial score (nSPS) is 12.7. The van der Waals surface area contributed by atoms with Crippen LogP contribution in [0, 0.1) is 0 Å². The van der Waals surface area contributed by atoms with Gasteiger partial charge in [0.15, 0.2) is 5.52 Å². The third-order valence-corrected chi connectivity index (χ3v) is 5.37. The molecule has 0 N–H and O–H groups in total. The highest BCUT2D eigenvalue weighted by atomic mass is 15.2. The molecule has 0 atom stereocenters. The second-order valence-electron chi connectivity index (χ2n) is 6.74. The lowest BCUT2D eigenvalue weighted by Crippen LogP contribution is -2.31. The molecule has 1 aliphatic heterocycles. The molecule has 5 heteroatoms. The average molecular weight is 338 g/mol. The van der Waals surface area contributed by atoms with E-state index in [0.717, 1.165) is 12.2 Å². The third kappa shape index (κ3) is 1.57. The van der Waals surface area contributed by atoms with E-state index in [1.54, 1.807) is 0 Å². The van der Waals surface area contributed by atoms with Gasteiger partial charge in [0.25, 0.3) is 5.65 Å². The first-order valence-corrected chi connectivity index (χ1v) is 8.70. The Labute approximate surface area is 149 Å². The Hall–Kier alpha value is -3.47. The zero-order valence-corrected chi connectivity index (χ0v) is 14.3. The highest BCUT2D eigenvalue weighted by molar-refractivity contribution is 6.05. The Bertz CT molecular complexity index is 1310. The first-order valence-electron chi connectivity index (χ1n) is 8.70. The van der Waals surface area contributed by atoms with Gasteiger partial charge in [-0.15, -0.1) is 0 Å². The maximum absolute atomic E-state index is 4.41. The summed E-state index contributed by atoms with van der Waals surface area (Å²) in [7, 11) is 2.14. The van der Waals surface area contributed by atoms with Crippen molar-refractivity contribution >= 4 is 22.1 Å². The van der Waals surface area contributed by atoms with Crippen molar-refractivity contribution in [2.24, 2.45) is 7.05 Å². The van der Waals surface area contributed by atoms with Crippen LogP contribution in [0.1, 0.15) is 5.56 Å². The van der Waals surface area contributed by atoms with Gasteiger partial charge in [0, 0.05) is 30.4 Å². The van der Waals surface area contributed by atoms with Gasteiger partial charge in [-0.2, -0.15) is 0 Å². The Kier molecular flexibility index (Phi) is 2.54. The summed E-state index contributed by atoms with van der Waals surface area (Å²) < 4.78 is 7.01. The summed E-state index contributed by atoms with van der Waals surface area (Å²) in [6.07, 6.45) is 7.69. The van der Waals surface area contributed by atoms with E-state index in [9.17, 15) is 0 Å². The molecule has 0 fully saturated rings. The molecule has 5 heterocycles. The van der Waals surface area contributed by atoms with Crippen molar-refractivity contribution in [2.45, 2.75) is 6.54 Å². The van der Waals surface area contributed by atoms with E-state index in [4.69, 9.17) is 0 Å². The number of pyridine rings is 2. The molecule has 1 aliphatic rings. The van der Waals surface area contributed by atoms with Crippen LogP contribution in [0.25, 0.3) is 39.1 Å². The van der Waals surface area contributed by atoms with Gasteiger partial charge in [-0.1, -0.05) is 18.2 Å². The van der Waals surface area contributed by atoms with Crippen molar-refractivity contribution in [3.8, 4) is 17.1 Å². The van der Waals surface area contributed by atoms with E-state index < -0.39 is 0 Å². The quantitative estimate of drug-likeness (QED) is 0.432. The summed E-state index contributed by atoms with van der Waals surface area (Å²) in [5.74, 6) is 1.20. The van der Waals surface area contributed by atoms with Crippen molar-refractivity contribution in [3.63, 3.8) is 0 Å². The van der Waals surface area contributed by atoms with Crippen molar-refractivity contribution < 1.29 is 4.57 Å². The molecule has 26 heavy (non-hydrogen) atoms. The molecule has 6 rings (SSSR count). The number of rotatable bonds is 1. The monoisotopic (exact) mass is 338 g/mol. The molecule has 0 spiro atoms. The van der Waals surface area contributed by atoms with Crippen LogP contribution in [0.5, 0.6) is 0 Å². The molecule has 0 bridgehead atoms. The Balaban J connectivity index is 1.83. The van der Waals surface area contributed by atoms with Crippen LogP contribution in [0.4, 0.5) is 0 Å². The predicted octanol–water partition coefficient (Wildman–Crippen LogP) is 3.23. The Morgan fingerprint density at radius 2 is 1.77 bits per heavy atom. The molecule has 0 radical (unpaired) electrons. The molecular formula is C21H16N5+. The van der Waals surface area contributed by atoms with E-state index in [2.05, 4.69) is 73.2 Å². The fourth-order valence-corrected chi connectivity index (χ4v) is 4.32.